The lowest BCUT2D eigenvalue weighted by atomic mass is 10.2. The van der Waals surface area contributed by atoms with E-state index in [1.807, 2.05) is 38.1 Å². The molecule has 0 aliphatic carbocycles. The summed E-state index contributed by atoms with van der Waals surface area (Å²) < 4.78 is 15.7. The van der Waals surface area contributed by atoms with Crippen LogP contribution in [0.3, 0.4) is 0 Å². The lowest BCUT2D eigenvalue weighted by Gasteiger charge is -2.33. The number of ether oxygens (including phenoxy) is 3. The number of fused-ring (bicyclic) bond motifs is 1. The van der Waals surface area contributed by atoms with Crippen molar-refractivity contribution in [3.8, 4) is 5.75 Å². The Morgan fingerprint density at radius 1 is 1.22 bits per heavy atom. The predicted octanol–water partition coefficient (Wildman–Crippen LogP) is 2.81. The molecule has 4 rings (SSSR count). The number of hydrogen-bond donors (Lipinski definition) is 1. The van der Waals surface area contributed by atoms with Gasteiger partial charge in [0.15, 0.2) is 0 Å². The number of likely N-dealkylation sites (N-methyl/N-ethyl adjacent to an activating group) is 1. The average Bonchev–Trinajstić information content (AvgIpc) is 3.26. The molecule has 1 amide bonds. The molecular weight excluding hydrogens is 412 g/mol. The molecule has 178 valence electrons. The number of rotatable bonds is 4. The monoisotopic (exact) mass is 448 g/mol. The largest absolute Gasteiger partial charge is 0.490 e. The van der Waals surface area contributed by atoms with Gasteiger partial charge in [0.05, 0.1) is 38.3 Å². The van der Waals surface area contributed by atoms with Crippen molar-refractivity contribution in [1.82, 2.24) is 10.2 Å². The molecule has 0 bridgehead atoms. The van der Waals surface area contributed by atoms with Gasteiger partial charge in [-0.05, 0) is 44.4 Å². The molecule has 0 saturated carbocycles. The Morgan fingerprint density at radius 2 is 1.97 bits per heavy atom. The second-order valence-electron chi connectivity index (χ2n) is 7.51. The van der Waals surface area contributed by atoms with Crippen LogP contribution in [0.25, 0.3) is 0 Å². The number of benzene rings is 1. The molecule has 9 heteroatoms. The fourth-order valence-corrected chi connectivity index (χ4v) is 3.68. The summed E-state index contributed by atoms with van der Waals surface area (Å²) in [6.07, 6.45) is 5.62. The minimum atomic E-state index is -0.358. The van der Waals surface area contributed by atoms with Crippen LogP contribution < -0.4 is 19.9 Å². The van der Waals surface area contributed by atoms with Gasteiger partial charge in [0.25, 0.3) is 0 Å². The van der Waals surface area contributed by atoms with Gasteiger partial charge in [-0.25, -0.2) is 4.79 Å². The van der Waals surface area contributed by atoms with Gasteiger partial charge in [-0.1, -0.05) is 0 Å². The summed E-state index contributed by atoms with van der Waals surface area (Å²) in [6.45, 7) is 9.57. The second kappa shape index (κ2) is 13.5. The van der Waals surface area contributed by atoms with Crippen LogP contribution in [0, 0.1) is 0 Å². The quantitative estimate of drug-likeness (QED) is 0.753. The normalized spacial score (nSPS) is 16.7. The third kappa shape index (κ3) is 6.78. The Morgan fingerprint density at radius 3 is 2.50 bits per heavy atom. The highest BCUT2D eigenvalue weighted by Crippen LogP contribution is 2.36. The van der Waals surface area contributed by atoms with Gasteiger partial charge in [-0.3, -0.25) is 4.90 Å². The number of carbonyl (C=O) groups is 2. The van der Waals surface area contributed by atoms with Crippen molar-refractivity contribution in [3.05, 3.63) is 30.1 Å². The number of nitrogens with zero attached hydrogens (tertiary/aromatic N) is 3. The van der Waals surface area contributed by atoms with E-state index in [1.54, 1.807) is 4.90 Å². The fraction of sp³-hybridized carbons (Fsp3) is 0.565. The van der Waals surface area contributed by atoms with Crippen molar-refractivity contribution in [2.24, 2.45) is 0 Å². The van der Waals surface area contributed by atoms with Crippen molar-refractivity contribution in [3.63, 3.8) is 0 Å². The maximum absolute atomic E-state index is 11.9. The van der Waals surface area contributed by atoms with Gasteiger partial charge < -0.3 is 34.1 Å². The summed E-state index contributed by atoms with van der Waals surface area (Å²) in [5.41, 5.74) is 3.04. The smallest absolute Gasteiger partial charge is 0.413 e. The summed E-state index contributed by atoms with van der Waals surface area (Å²) in [6, 6.07) is 5.82. The highest BCUT2D eigenvalue weighted by Gasteiger charge is 2.24. The number of carbonyl (C=O) groups excluding carboxylic acids is 2. The third-order valence-electron chi connectivity index (χ3n) is 5.44. The van der Waals surface area contributed by atoms with Crippen molar-refractivity contribution in [2.45, 2.75) is 26.2 Å². The lowest BCUT2D eigenvalue weighted by Crippen LogP contribution is -2.37. The number of methoxy groups -OCH3 is 1. The molecule has 1 aromatic rings. The van der Waals surface area contributed by atoms with Gasteiger partial charge in [0, 0.05) is 38.7 Å². The van der Waals surface area contributed by atoms with Crippen LogP contribution in [0.1, 0.15) is 26.2 Å². The summed E-state index contributed by atoms with van der Waals surface area (Å²) in [7, 11) is 3.47. The molecule has 3 aliphatic heterocycles. The van der Waals surface area contributed by atoms with Crippen molar-refractivity contribution in [1.29, 1.82) is 0 Å². The zero-order valence-corrected chi connectivity index (χ0v) is 19.5. The average molecular weight is 449 g/mol. The van der Waals surface area contributed by atoms with Crippen LogP contribution in [-0.2, 0) is 14.3 Å². The van der Waals surface area contributed by atoms with E-state index < -0.39 is 0 Å². The summed E-state index contributed by atoms with van der Waals surface area (Å²) in [5.74, 6) is 0.847. The van der Waals surface area contributed by atoms with Crippen molar-refractivity contribution in [2.75, 3.05) is 70.1 Å². The molecule has 1 fully saturated rings. The van der Waals surface area contributed by atoms with Crippen LogP contribution in [0.2, 0.25) is 0 Å². The van der Waals surface area contributed by atoms with Gasteiger partial charge in [0.1, 0.15) is 19.1 Å². The van der Waals surface area contributed by atoms with Crippen LogP contribution >= 0.6 is 0 Å². The molecule has 0 aromatic heterocycles. The van der Waals surface area contributed by atoms with E-state index in [1.165, 1.54) is 32.1 Å². The van der Waals surface area contributed by atoms with E-state index in [9.17, 15) is 4.79 Å². The second-order valence-corrected chi connectivity index (χ2v) is 7.51. The molecule has 0 atom stereocenters. The van der Waals surface area contributed by atoms with Gasteiger partial charge in [0.2, 0.25) is 0 Å². The molecule has 3 aliphatic rings. The first-order valence-electron chi connectivity index (χ1n) is 11.0. The topological polar surface area (TPSA) is 83.6 Å². The molecule has 1 aromatic carbocycles. The molecule has 3 heterocycles. The SMILES string of the molecule is C1CCOCC1.C=O.CCN(C(=O)OC)c1ccc2c(c1)N(CC1=CNCN1C)CCO2. The fourth-order valence-electron chi connectivity index (χ4n) is 3.68. The first-order valence-corrected chi connectivity index (χ1v) is 11.0. The Hall–Kier alpha value is -2.94. The lowest BCUT2D eigenvalue weighted by molar-refractivity contribution is -0.0980. The number of hydrogen-bond acceptors (Lipinski definition) is 8. The Bertz CT molecular complexity index is 742. The zero-order chi connectivity index (χ0) is 23.3. The van der Waals surface area contributed by atoms with Crippen LogP contribution in [0.15, 0.2) is 30.1 Å². The zero-order valence-electron chi connectivity index (χ0n) is 19.5. The Balaban J connectivity index is 0.000000387. The summed E-state index contributed by atoms with van der Waals surface area (Å²) in [4.78, 5) is 26.0. The standard InChI is InChI=1S/C17H24N4O3.C5H10O.CH2O/c1-4-21(17(22)23-3)13-5-6-16-15(9-13)20(7-8-24-16)11-14-10-18-12-19(14)2;1-2-4-6-5-3-1;1-2/h5-6,9-10,18H,4,7-8,11-12H2,1-3H3;1-5H2;1H2. The van der Waals surface area contributed by atoms with E-state index in [0.717, 1.165) is 50.1 Å². The van der Waals surface area contributed by atoms with Crippen LogP contribution in [0.5, 0.6) is 5.75 Å². The molecular formula is C23H36N4O5. The molecule has 0 radical (unpaired) electrons. The predicted molar refractivity (Wildman–Crippen MR) is 125 cm³/mol. The number of amides is 1. The summed E-state index contributed by atoms with van der Waals surface area (Å²) >= 11 is 0. The highest BCUT2D eigenvalue weighted by atomic mass is 16.5. The highest BCUT2D eigenvalue weighted by molar-refractivity contribution is 5.88. The minimum absolute atomic E-state index is 0.358. The van der Waals surface area contributed by atoms with E-state index in [2.05, 4.69) is 22.2 Å². The van der Waals surface area contributed by atoms with Crippen LogP contribution in [-0.4, -0.2) is 78.1 Å². The van der Waals surface area contributed by atoms with Crippen LogP contribution in [0.4, 0.5) is 16.2 Å². The molecule has 0 unspecified atom stereocenters. The number of anilines is 2. The maximum Gasteiger partial charge on any atom is 0.413 e. The van der Waals surface area contributed by atoms with E-state index in [4.69, 9.17) is 19.0 Å². The molecule has 1 N–H and O–H groups in total. The van der Waals surface area contributed by atoms with Gasteiger partial charge in [-0.2, -0.15) is 0 Å². The van der Waals surface area contributed by atoms with E-state index >= 15 is 0 Å². The van der Waals surface area contributed by atoms with Crippen molar-refractivity contribution >= 4 is 24.3 Å². The Kier molecular flexibility index (Phi) is 10.7. The number of nitrogens with one attached hydrogen (secondary N) is 1. The minimum Gasteiger partial charge on any atom is -0.490 e. The van der Waals surface area contributed by atoms with Gasteiger partial charge in [-0.15, -0.1) is 0 Å². The first kappa shape index (κ1) is 25.3. The molecule has 1 saturated heterocycles. The summed E-state index contributed by atoms with van der Waals surface area (Å²) in [5, 5.41) is 3.23. The maximum atomic E-state index is 11.9. The molecule has 9 nitrogen and oxygen atoms in total. The van der Waals surface area contributed by atoms with E-state index in [-0.39, 0.29) is 6.09 Å². The third-order valence-corrected chi connectivity index (χ3v) is 5.44. The van der Waals surface area contributed by atoms with E-state index in [0.29, 0.717) is 13.2 Å². The first-order chi connectivity index (χ1) is 15.6. The molecule has 32 heavy (non-hydrogen) atoms. The Labute approximate surface area is 190 Å². The van der Waals surface area contributed by atoms with Crippen molar-refractivity contribution < 1.29 is 23.8 Å². The molecule has 0 spiro atoms. The van der Waals surface area contributed by atoms with Gasteiger partial charge >= 0.3 is 6.09 Å².